The molecular weight excluding hydrogens is 494 g/mol. The first-order valence-corrected chi connectivity index (χ1v) is 13.2. The van der Waals surface area contributed by atoms with Crippen LogP contribution in [0.5, 0.6) is 5.75 Å². The normalized spacial score (nSPS) is 28.4. The van der Waals surface area contributed by atoms with Crippen LogP contribution in [-0.4, -0.2) is 54.6 Å². The molecule has 3 heterocycles. The zero-order valence-electron chi connectivity index (χ0n) is 21.0. The summed E-state index contributed by atoms with van der Waals surface area (Å²) in [6.07, 6.45) is 0.848. The fraction of sp³-hybridized carbons (Fsp3) is 0.429. The molecule has 0 saturated carbocycles. The van der Waals surface area contributed by atoms with E-state index < -0.39 is 5.79 Å². The summed E-state index contributed by atoms with van der Waals surface area (Å²) in [7, 11) is 0. The first-order valence-electron chi connectivity index (χ1n) is 12.4. The van der Waals surface area contributed by atoms with Crippen molar-refractivity contribution in [1.82, 2.24) is 5.32 Å². The number of rotatable bonds is 9. The SMILES string of the molecule is CC(COc1ccc(/C=C2\SC(=O)NC2=O)cc1)[C@@H]1O[C@H](COCc2ccccc2)[C@H]2OC(C)(C)O[C@H]21. The van der Waals surface area contributed by atoms with E-state index in [1.165, 1.54) is 0 Å². The zero-order chi connectivity index (χ0) is 26.0. The Morgan fingerprint density at radius 2 is 1.78 bits per heavy atom. The first-order chi connectivity index (χ1) is 17.8. The van der Waals surface area contributed by atoms with Crippen LogP contribution in [0.1, 0.15) is 31.9 Å². The van der Waals surface area contributed by atoms with Crippen molar-refractivity contribution >= 4 is 29.0 Å². The number of fused-ring (bicyclic) bond motifs is 1. The van der Waals surface area contributed by atoms with Crippen LogP contribution in [0.3, 0.4) is 0 Å². The average molecular weight is 526 g/mol. The molecule has 3 saturated heterocycles. The lowest BCUT2D eigenvalue weighted by atomic mass is 9.98. The molecule has 3 aliphatic rings. The molecule has 2 amide bonds. The Balaban J connectivity index is 1.16. The highest BCUT2D eigenvalue weighted by molar-refractivity contribution is 8.18. The fourth-order valence-corrected chi connectivity index (χ4v) is 5.41. The zero-order valence-corrected chi connectivity index (χ0v) is 21.9. The Morgan fingerprint density at radius 1 is 1.05 bits per heavy atom. The van der Waals surface area contributed by atoms with Crippen molar-refractivity contribution in [3.8, 4) is 5.75 Å². The molecule has 0 spiro atoms. The van der Waals surface area contributed by atoms with E-state index in [1.54, 1.807) is 6.08 Å². The molecule has 3 fully saturated rings. The van der Waals surface area contributed by atoms with Gasteiger partial charge in [-0.25, -0.2) is 0 Å². The molecule has 2 aromatic rings. The summed E-state index contributed by atoms with van der Waals surface area (Å²) in [5.74, 6) is -0.312. The van der Waals surface area contributed by atoms with Crippen LogP contribution in [-0.2, 0) is 30.3 Å². The number of hydrogen-bond acceptors (Lipinski definition) is 8. The van der Waals surface area contributed by atoms with E-state index in [1.807, 2.05) is 68.4 Å². The number of benzene rings is 2. The topological polar surface area (TPSA) is 92.3 Å². The Hall–Kier alpha value is -2.69. The van der Waals surface area contributed by atoms with E-state index in [0.717, 1.165) is 22.9 Å². The predicted octanol–water partition coefficient (Wildman–Crippen LogP) is 4.53. The van der Waals surface area contributed by atoms with Gasteiger partial charge in [-0.2, -0.15) is 0 Å². The van der Waals surface area contributed by atoms with Gasteiger partial charge in [-0.1, -0.05) is 49.4 Å². The van der Waals surface area contributed by atoms with Gasteiger partial charge in [-0.15, -0.1) is 0 Å². The van der Waals surface area contributed by atoms with Crippen molar-refractivity contribution in [2.75, 3.05) is 13.2 Å². The van der Waals surface area contributed by atoms with Gasteiger partial charge in [0.1, 0.15) is 24.1 Å². The van der Waals surface area contributed by atoms with Gasteiger partial charge in [0.2, 0.25) is 0 Å². The number of ether oxygens (including phenoxy) is 5. The molecule has 9 heteroatoms. The standard InChI is InChI=1S/C28H31NO7S/c1-17(14-33-20-11-9-18(10-12-20)13-22-26(30)29-27(31)37-22)23-25-24(35-28(2,3)36-25)21(34-23)16-32-15-19-7-5-4-6-8-19/h4-13,17,21,23-25H,14-16H2,1-3H3,(H,29,30,31)/b22-13-/t17?,21-,23+,24-,25+/m1/s1. The van der Waals surface area contributed by atoms with Crippen LogP contribution in [0.15, 0.2) is 59.5 Å². The predicted molar refractivity (Wildman–Crippen MR) is 139 cm³/mol. The number of carbonyl (C=O) groups excluding carboxylic acids is 2. The lowest BCUT2D eigenvalue weighted by Gasteiger charge is -2.27. The second kappa shape index (κ2) is 11.0. The maximum atomic E-state index is 11.7. The number of hydrogen-bond donors (Lipinski definition) is 1. The maximum Gasteiger partial charge on any atom is 0.290 e. The molecule has 0 radical (unpaired) electrons. The Morgan fingerprint density at radius 3 is 2.49 bits per heavy atom. The number of carbonyl (C=O) groups is 2. The van der Waals surface area contributed by atoms with Crippen molar-refractivity contribution in [2.24, 2.45) is 5.92 Å². The second-order valence-electron chi connectivity index (χ2n) is 9.91. The van der Waals surface area contributed by atoms with Gasteiger partial charge < -0.3 is 23.7 Å². The molecule has 5 atom stereocenters. The summed E-state index contributed by atoms with van der Waals surface area (Å²) in [6.45, 7) is 7.28. The van der Waals surface area contributed by atoms with Gasteiger partial charge in [-0.3, -0.25) is 14.9 Å². The fourth-order valence-electron chi connectivity index (χ4n) is 4.73. The molecule has 196 valence electrons. The van der Waals surface area contributed by atoms with Gasteiger partial charge in [-0.05, 0) is 54.9 Å². The van der Waals surface area contributed by atoms with E-state index in [4.69, 9.17) is 23.7 Å². The Bertz CT molecular complexity index is 1150. The van der Waals surface area contributed by atoms with Gasteiger partial charge in [0.15, 0.2) is 5.79 Å². The monoisotopic (exact) mass is 525 g/mol. The van der Waals surface area contributed by atoms with Crippen LogP contribution >= 0.6 is 11.8 Å². The third-order valence-electron chi connectivity index (χ3n) is 6.47. The van der Waals surface area contributed by atoms with E-state index in [2.05, 4.69) is 12.2 Å². The smallest absolute Gasteiger partial charge is 0.290 e. The summed E-state index contributed by atoms with van der Waals surface area (Å²) in [5, 5.41) is 1.90. The van der Waals surface area contributed by atoms with Crippen molar-refractivity contribution < 1.29 is 33.3 Å². The second-order valence-corrected chi connectivity index (χ2v) is 10.9. The molecule has 1 N–H and O–H groups in total. The summed E-state index contributed by atoms with van der Waals surface area (Å²) in [6, 6.07) is 17.4. The molecule has 2 aromatic carbocycles. The molecular formula is C28H31NO7S. The largest absolute Gasteiger partial charge is 0.493 e. The molecule has 8 nitrogen and oxygen atoms in total. The lowest BCUT2D eigenvalue weighted by molar-refractivity contribution is -0.198. The minimum absolute atomic E-state index is 0.0375. The van der Waals surface area contributed by atoms with Crippen LogP contribution in [0.4, 0.5) is 4.79 Å². The van der Waals surface area contributed by atoms with Crippen LogP contribution in [0, 0.1) is 5.92 Å². The van der Waals surface area contributed by atoms with Crippen LogP contribution < -0.4 is 10.1 Å². The van der Waals surface area contributed by atoms with E-state index >= 15 is 0 Å². The minimum atomic E-state index is -0.681. The maximum absolute atomic E-state index is 11.7. The number of imide groups is 1. The molecule has 0 aliphatic carbocycles. The quantitative estimate of drug-likeness (QED) is 0.478. The highest BCUT2D eigenvalue weighted by atomic mass is 32.2. The lowest BCUT2D eigenvalue weighted by Crippen LogP contribution is -2.36. The van der Waals surface area contributed by atoms with Crippen LogP contribution in [0.2, 0.25) is 0 Å². The molecule has 5 rings (SSSR count). The third kappa shape index (κ3) is 6.25. The summed E-state index contributed by atoms with van der Waals surface area (Å²) in [4.78, 5) is 23.5. The average Bonchev–Trinajstić information content (AvgIpc) is 3.48. The Labute approximate surface area is 220 Å². The molecule has 3 aliphatic heterocycles. The molecule has 1 unspecified atom stereocenters. The molecule has 0 aromatic heterocycles. The first kappa shape index (κ1) is 25.9. The van der Waals surface area contributed by atoms with Gasteiger partial charge in [0.05, 0.1) is 30.8 Å². The van der Waals surface area contributed by atoms with E-state index in [9.17, 15) is 9.59 Å². The van der Waals surface area contributed by atoms with E-state index in [-0.39, 0.29) is 41.5 Å². The summed E-state index contributed by atoms with van der Waals surface area (Å²) in [5.41, 5.74) is 1.92. The van der Waals surface area contributed by atoms with Crippen molar-refractivity contribution in [3.63, 3.8) is 0 Å². The number of thioether (sulfide) groups is 1. The highest BCUT2D eigenvalue weighted by Crippen LogP contribution is 2.41. The van der Waals surface area contributed by atoms with Crippen molar-refractivity contribution in [2.45, 2.75) is 57.6 Å². The van der Waals surface area contributed by atoms with Crippen molar-refractivity contribution in [1.29, 1.82) is 0 Å². The number of amides is 2. The number of nitrogens with one attached hydrogen (secondary N) is 1. The molecule has 37 heavy (non-hydrogen) atoms. The minimum Gasteiger partial charge on any atom is -0.493 e. The van der Waals surface area contributed by atoms with Gasteiger partial charge in [0.25, 0.3) is 11.1 Å². The molecule has 0 bridgehead atoms. The van der Waals surface area contributed by atoms with E-state index in [0.29, 0.717) is 30.5 Å². The Kier molecular flexibility index (Phi) is 7.69. The summed E-state index contributed by atoms with van der Waals surface area (Å²) < 4.78 is 30.8. The van der Waals surface area contributed by atoms with Crippen molar-refractivity contribution in [3.05, 3.63) is 70.6 Å². The third-order valence-corrected chi connectivity index (χ3v) is 7.28. The van der Waals surface area contributed by atoms with Gasteiger partial charge in [0, 0.05) is 5.92 Å². The van der Waals surface area contributed by atoms with Crippen LogP contribution in [0.25, 0.3) is 6.08 Å². The summed E-state index contributed by atoms with van der Waals surface area (Å²) >= 11 is 0.897. The highest BCUT2D eigenvalue weighted by Gasteiger charge is 2.56. The van der Waals surface area contributed by atoms with Gasteiger partial charge >= 0.3 is 0 Å².